The van der Waals surface area contributed by atoms with Gasteiger partial charge in [-0.2, -0.15) is 0 Å². The summed E-state index contributed by atoms with van der Waals surface area (Å²) in [5.74, 6) is -0.157. The third kappa shape index (κ3) is 2.54. The number of nitrogens with two attached hydrogens (primary N) is 1. The quantitative estimate of drug-likeness (QED) is 0.830. The second-order valence-corrected chi connectivity index (χ2v) is 5.51. The molecule has 1 heterocycles. The Morgan fingerprint density at radius 1 is 1.23 bits per heavy atom. The number of amides is 1. The summed E-state index contributed by atoms with van der Waals surface area (Å²) < 4.78 is 0. The molecule has 1 amide bonds. The van der Waals surface area contributed by atoms with Gasteiger partial charge in [0, 0.05) is 30.9 Å². The Balaban J connectivity index is 0.00000176. The predicted octanol–water partition coefficient (Wildman–Crippen LogP) is 3.85. The number of hydrogen-bond acceptors (Lipinski definition) is 3. The number of fused-ring (bicyclic) bond motifs is 2. The lowest BCUT2D eigenvalue weighted by Gasteiger charge is -2.34. The fourth-order valence-electron chi connectivity index (χ4n) is 2.80. The molecule has 0 fully saturated rings. The number of anilines is 3. The standard InChI is InChI=1S/C16H16ClN3O.ClH/c1-9(21)19-11-7-8-13-14(15(11)17)16(18)10-5-3-4-6-12(10)20(13)2;/h3-8,16H,18H2,1-2H3,(H,19,21);1H. The molecule has 1 aliphatic rings. The molecular formula is C16H17Cl2N3O. The monoisotopic (exact) mass is 337 g/mol. The molecule has 2 aromatic rings. The molecule has 0 bridgehead atoms. The number of rotatable bonds is 1. The van der Waals surface area contributed by atoms with Crippen LogP contribution in [0.4, 0.5) is 17.1 Å². The van der Waals surface area contributed by atoms with Crippen molar-refractivity contribution < 1.29 is 4.79 Å². The van der Waals surface area contributed by atoms with Crippen LogP contribution in [0.15, 0.2) is 36.4 Å². The summed E-state index contributed by atoms with van der Waals surface area (Å²) >= 11 is 6.48. The zero-order valence-corrected chi connectivity index (χ0v) is 13.8. The van der Waals surface area contributed by atoms with E-state index < -0.39 is 0 Å². The summed E-state index contributed by atoms with van der Waals surface area (Å²) in [6.45, 7) is 1.46. The average molecular weight is 338 g/mol. The zero-order chi connectivity index (χ0) is 15.1. The molecule has 116 valence electrons. The third-order valence-corrected chi connectivity index (χ3v) is 4.18. The van der Waals surface area contributed by atoms with Gasteiger partial charge in [0.05, 0.1) is 16.8 Å². The first-order valence-electron chi connectivity index (χ1n) is 6.69. The number of carbonyl (C=O) groups excluding carboxylic acids is 1. The van der Waals surface area contributed by atoms with Crippen LogP contribution in [0.25, 0.3) is 0 Å². The molecule has 0 spiro atoms. The van der Waals surface area contributed by atoms with Gasteiger partial charge in [-0.05, 0) is 23.8 Å². The summed E-state index contributed by atoms with van der Waals surface area (Å²) in [6, 6.07) is 11.4. The van der Waals surface area contributed by atoms with Crippen molar-refractivity contribution in [3.63, 3.8) is 0 Å². The van der Waals surface area contributed by atoms with Crippen LogP contribution in [0.1, 0.15) is 24.1 Å². The molecule has 3 rings (SSSR count). The van der Waals surface area contributed by atoms with Gasteiger partial charge < -0.3 is 16.0 Å². The number of halogens is 2. The predicted molar refractivity (Wildman–Crippen MR) is 93.5 cm³/mol. The first-order chi connectivity index (χ1) is 10.0. The van der Waals surface area contributed by atoms with Crippen molar-refractivity contribution in [2.75, 3.05) is 17.3 Å². The summed E-state index contributed by atoms with van der Waals surface area (Å²) in [7, 11) is 1.98. The molecule has 0 saturated heterocycles. The van der Waals surface area contributed by atoms with Gasteiger partial charge in [0.15, 0.2) is 0 Å². The second kappa shape index (κ2) is 6.16. The molecule has 3 N–H and O–H groups in total. The zero-order valence-electron chi connectivity index (χ0n) is 12.3. The summed E-state index contributed by atoms with van der Waals surface area (Å²) in [5.41, 5.74) is 10.9. The largest absolute Gasteiger partial charge is 0.344 e. The normalized spacial score (nSPS) is 15.5. The molecule has 22 heavy (non-hydrogen) atoms. The number of hydrogen-bond donors (Lipinski definition) is 2. The van der Waals surface area contributed by atoms with Gasteiger partial charge in [-0.1, -0.05) is 29.8 Å². The van der Waals surface area contributed by atoms with Crippen molar-refractivity contribution in [1.29, 1.82) is 0 Å². The van der Waals surface area contributed by atoms with E-state index in [1.54, 1.807) is 6.07 Å². The van der Waals surface area contributed by atoms with E-state index in [0.29, 0.717) is 10.7 Å². The van der Waals surface area contributed by atoms with Gasteiger partial charge in [0.2, 0.25) is 5.91 Å². The van der Waals surface area contributed by atoms with E-state index in [9.17, 15) is 4.79 Å². The molecule has 1 aliphatic heterocycles. The van der Waals surface area contributed by atoms with Crippen molar-refractivity contribution >= 4 is 47.0 Å². The smallest absolute Gasteiger partial charge is 0.221 e. The maximum atomic E-state index is 11.3. The molecule has 0 saturated carbocycles. The van der Waals surface area contributed by atoms with Crippen LogP contribution in [-0.2, 0) is 4.79 Å². The van der Waals surface area contributed by atoms with E-state index >= 15 is 0 Å². The molecule has 4 nitrogen and oxygen atoms in total. The summed E-state index contributed by atoms with van der Waals surface area (Å²) in [5, 5.41) is 3.23. The highest BCUT2D eigenvalue weighted by Crippen LogP contribution is 2.47. The molecule has 0 radical (unpaired) electrons. The van der Waals surface area contributed by atoms with E-state index in [0.717, 1.165) is 22.5 Å². The lowest BCUT2D eigenvalue weighted by molar-refractivity contribution is -0.114. The lowest BCUT2D eigenvalue weighted by Crippen LogP contribution is -2.26. The highest BCUT2D eigenvalue weighted by molar-refractivity contribution is 6.35. The lowest BCUT2D eigenvalue weighted by atomic mass is 9.91. The average Bonchev–Trinajstić information content (AvgIpc) is 2.46. The van der Waals surface area contributed by atoms with Crippen molar-refractivity contribution in [1.82, 2.24) is 0 Å². The molecule has 1 unspecified atom stereocenters. The molecule has 1 atom stereocenters. The first kappa shape index (κ1) is 16.6. The number of nitrogens with one attached hydrogen (secondary N) is 1. The number of carbonyl (C=O) groups is 1. The molecule has 2 aromatic carbocycles. The molecule has 6 heteroatoms. The van der Waals surface area contributed by atoms with E-state index in [1.807, 2.05) is 37.4 Å². The van der Waals surface area contributed by atoms with E-state index in [4.69, 9.17) is 17.3 Å². The van der Waals surface area contributed by atoms with Crippen LogP contribution in [0.2, 0.25) is 5.02 Å². The summed E-state index contributed by atoms with van der Waals surface area (Å²) in [4.78, 5) is 13.3. The molecule has 0 aliphatic carbocycles. The van der Waals surface area contributed by atoms with Gasteiger partial charge in [-0.15, -0.1) is 12.4 Å². The SMILES string of the molecule is CC(=O)Nc1ccc2c(c1Cl)C(N)c1ccccc1N2C.Cl. The fourth-order valence-corrected chi connectivity index (χ4v) is 3.12. The number of nitrogens with zero attached hydrogens (tertiary/aromatic N) is 1. The maximum Gasteiger partial charge on any atom is 0.221 e. The minimum atomic E-state index is -0.311. The van der Waals surface area contributed by atoms with Crippen molar-refractivity contribution in [2.45, 2.75) is 13.0 Å². The van der Waals surface area contributed by atoms with E-state index in [-0.39, 0.29) is 24.4 Å². The van der Waals surface area contributed by atoms with Crippen molar-refractivity contribution in [3.8, 4) is 0 Å². The third-order valence-electron chi connectivity index (χ3n) is 3.77. The second-order valence-electron chi connectivity index (χ2n) is 5.14. The van der Waals surface area contributed by atoms with Crippen LogP contribution in [0, 0.1) is 0 Å². The van der Waals surface area contributed by atoms with E-state index in [1.165, 1.54) is 6.92 Å². The summed E-state index contributed by atoms with van der Waals surface area (Å²) in [6.07, 6.45) is 0. The van der Waals surface area contributed by atoms with E-state index in [2.05, 4.69) is 10.2 Å². The highest BCUT2D eigenvalue weighted by atomic mass is 35.5. The van der Waals surface area contributed by atoms with Crippen LogP contribution in [0.3, 0.4) is 0 Å². The minimum Gasteiger partial charge on any atom is -0.344 e. The van der Waals surface area contributed by atoms with Gasteiger partial charge in [0.1, 0.15) is 0 Å². The Kier molecular flexibility index (Phi) is 4.66. The van der Waals surface area contributed by atoms with Crippen molar-refractivity contribution in [2.24, 2.45) is 5.73 Å². The van der Waals surface area contributed by atoms with Crippen LogP contribution in [-0.4, -0.2) is 13.0 Å². The Morgan fingerprint density at radius 2 is 1.91 bits per heavy atom. The highest BCUT2D eigenvalue weighted by Gasteiger charge is 2.29. The van der Waals surface area contributed by atoms with Crippen LogP contribution < -0.4 is 16.0 Å². The van der Waals surface area contributed by atoms with Gasteiger partial charge in [0.25, 0.3) is 0 Å². The van der Waals surface area contributed by atoms with Crippen molar-refractivity contribution in [3.05, 3.63) is 52.5 Å². The molecule has 0 aromatic heterocycles. The van der Waals surface area contributed by atoms with Gasteiger partial charge in [-0.25, -0.2) is 0 Å². The fraction of sp³-hybridized carbons (Fsp3) is 0.188. The Hall–Kier alpha value is -1.75. The number of para-hydroxylation sites is 1. The molecular weight excluding hydrogens is 321 g/mol. The van der Waals surface area contributed by atoms with Crippen LogP contribution in [0.5, 0.6) is 0 Å². The van der Waals surface area contributed by atoms with Gasteiger partial charge >= 0.3 is 0 Å². The maximum absolute atomic E-state index is 11.3. The number of benzene rings is 2. The Bertz CT molecular complexity index is 733. The topological polar surface area (TPSA) is 58.4 Å². The minimum absolute atomic E-state index is 0. The van der Waals surface area contributed by atoms with Gasteiger partial charge in [-0.3, -0.25) is 4.79 Å². The first-order valence-corrected chi connectivity index (χ1v) is 7.06. The Morgan fingerprint density at radius 3 is 2.59 bits per heavy atom. The Labute approximate surface area is 140 Å². The van der Waals surface area contributed by atoms with Crippen LogP contribution >= 0.6 is 24.0 Å².